The van der Waals surface area contributed by atoms with Crippen molar-refractivity contribution in [2.75, 3.05) is 19.7 Å². The number of likely N-dealkylation sites (tertiary alicyclic amines) is 1. The van der Waals surface area contributed by atoms with Crippen LogP contribution in [0.2, 0.25) is 0 Å². The van der Waals surface area contributed by atoms with Crippen LogP contribution < -0.4 is 4.74 Å². The molecule has 0 spiro atoms. The van der Waals surface area contributed by atoms with Gasteiger partial charge in [0.05, 0.1) is 6.61 Å². The molecule has 0 aromatic heterocycles. The van der Waals surface area contributed by atoms with Crippen molar-refractivity contribution in [1.82, 2.24) is 4.90 Å². The number of amides is 1. The van der Waals surface area contributed by atoms with Crippen molar-refractivity contribution in [2.24, 2.45) is 11.3 Å². The van der Waals surface area contributed by atoms with Crippen LogP contribution in [0.5, 0.6) is 5.75 Å². The van der Waals surface area contributed by atoms with E-state index in [4.69, 9.17) is 4.74 Å². The third-order valence-electron chi connectivity index (χ3n) is 3.92. The van der Waals surface area contributed by atoms with Crippen LogP contribution in [0.1, 0.15) is 39.2 Å². The molecule has 3 heteroatoms. The monoisotopic (exact) mass is 289 g/mol. The zero-order chi connectivity index (χ0) is 15.5. The van der Waals surface area contributed by atoms with Gasteiger partial charge in [-0.2, -0.15) is 0 Å². The Balaban J connectivity index is 1.88. The molecule has 1 saturated heterocycles. The van der Waals surface area contributed by atoms with Crippen LogP contribution >= 0.6 is 0 Å². The molecule has 0 bridgehead atoms. The quantitative estimate of drug-likeness (QED) is 0.850. The molecule has 116 valence electrons. The number of aryl methyl sites for hydroxylation is 1. The molecule has 21 heavy (non-hydrogen) atoms. The number of carbonyl (C=O) groups is 1. The highest BCUT2D eigenvalue weighted by molar-refractivity contribution is 5.81. The zero-order valence-corrected chi connectivity index (χ0v) is 13.7. The lowest BCUT2D eigenvalue weighted by Gasteiger charge is -2.36. The van der Waals surface area contributed by atoms with Crippen LogP contribution in [0.4, 0.5) is 0 Å². The normalized spacial score (nSPS) is 19.4. The molecule has 1 aliphatic heterocycles. The molecule has 0 radical (unpaired) electrons. The summed E-state index contributed by atoms with van der Waals surface area (Å²) in [5, 5.41) is 0. The van der Waals surface area contributed by atoms with E-state index >= 15 is 0 Å². The second kappa shape index (κ2) is 6.50. The minimum atomic E-state index is -0.292. The second-order valence-electron chi connectivity index (χ2n) is 7.14. The number of rotatable bonds is 3. The van der Waals surface area contributed by atoms with Crippen molar-refractivity contribution in [2.45, 2.75) is 40.5 Å². The van der Waals surface area contributed by atoms with Crippen molar-refractivity contribution in [1.29, 1.82) is 0 Å². The Hall–Kier alpha value is -1.51. The summed E-state index contributed by atoms with van der Waals surface area (Å²) in [7, 11) is 0. The summed E-state index contributed by atoms with van der Waals surface area (Å²) in [6, 6.07) is 8.13. The average Bonchev–Trinajstić information content (AvgIpc) is 2.44. The summed E-state index contributed by atoms with van der Waals surface area (Å²) in [6.45, 7) is 10.4. The van der Waals surface area contributed by atoms with E-state index in [0.717, 1.165) is 31.7 Å². The molecule has 1 amide bonds. The van der Waals surface area contributed by atoms with Gasteiger partial charge in [-0.1, -0.05) is 32.9 Å². The molecule has 0 aliphatic carbocycles. The minimum absolute atomic E-state index is 0.253. The van der Waals surface area contributed by atoms with Gasteiger partial charge in [0.25, 0.3) is 0 Å². The molecule has 1 fully saturated rings. The fraction of sp³-hybridized carbons (Fsp3) is 0.611. The third kappa shape index (κ3) is 4.48. The minimum Gasteiger partial charge on any atom is -0.493 e. The molecule has 0 saturated carbocycles. The molecule has 1 atom stereocenters. The third-order valence-corrected chi connectivity index (χ3v) is 3.92. The van der Waals surface area contributed by atoms with Crippen molar-refractivity contribution in [3.63, 3.8) is 0 Å². The van der Waals surface area contributed by atoms with E-state index in [9.17, 15) is 4.79 Å². The summed E-state index contributed by atoms with van der Waals surface area (Å²) in [6.07, 6.45) is 2.21. The predicted molar refractivity (Wildman–Crippen MR) is 85.4 cm³/mol. The van der Waals surface area contributed by atoms with Gasteiger partial charge in [-0.15, -0.1) is 0 Å². The van der Waals surface area contributed by atoms with Crippen molar-refractivity contribution < 1.29 is 9.53 Å². The fourth-order valence-corrected chi connectivity index (χ4v) is 2.78. The first-order valence-electron chi connectivity index (χ1n) is 7.85. The van der Waals surface area contributed by atoms with Crippen LogP contribution in [0.15, 0.2) is 24.3 Å². The average molecular weight is 289 g/mol. The van der Waals surface area contributed by atoms with E-state index in [1.807, 2.05) is 37.8 Å². The molecule has 1 aliphatic rings. The maximum absolute atomic E-state index is 12.4. The van der Waals surface area contributed by atoms with E-state index < -0.39 is 0 Å². The lowest BCUT2D eigenvalue weighted by atomic mass is 9.91. The van der Waals surface area contributed by atoms with Gasteiger partial charge in [-0.25, -0.2) is 0 Å². The van der Waals surface area contributed by atoms with Gasteiger partial charge in [0.2, 0.25) is 5.91 Å². The Labute approximate surface area is 128 Å². The largest absolute Gasteiger partial charge is 0.493 e. The van der Waals surface area contributed by atoms with E-state index in [0.29, 0.717) is 12.5 Å². The Morgan fingerprint density at radius 2 is 2.14 bits per heavy atom. The van der Waals surface area contributed by atoms with Gasteiger partial charge in [0.15, 0.2) is 0 Å². The van der Waals surface area contributed by atoms with Crippen LogP contribution in [-0.4, -0.2) is 30.5 Å². The summed E-state index contributed by atoms with van der Waals surface area (Å²) in [4.78, 5) is 14.4. The number of ether oxygens (including phenoxy) is 1. The Kier molecular flexibility index (Phi) is 4.92. The molecular weight excluding hydrogens is 262 g/mol. The molecule has 3 nitrogen and oxygen atoms in total. The Morgan fingerprint density at radius 3 is 2.81 bits per heavy atom. The summed E-state index contributed by atoms with van der Waals surface area (Å²) < 4.78 is 5.90. The fourth-order valence-electron chi connectivity index (χ4n) is 2.78. The summed E-state index contributed by atoms with van der Waals surface area (Å²) >= 11 is 0. The summed E-state index contributed by atoms with van der Waals surface area (Å²) in [5.41, 5.74) is 0.917. The maximum Gasteiger partial charge on any atom is 0.227 e. The number of nitrogens with zero attached hydrogens (tertiary/aromatic N) is 1. The highest BCUT2D eigenvalue weighted by atomic mass is 16.5. The summed E-state index contributed by atoms with van der Waals surface area (Å²) in [5.74, 6) is 1.61. The molecule has 0 N–H and O–H groups in total. The number of benzene rings is 1. The molecule has 1 unspecified atom stereocenters. The lowest BCUT2D eigenvalue weighted by molar-refractivity contribution is -0.141. The van der Waals surface area contributed by atoms with Crippen molar-refractivity contribution >= 4 is 5.91 Å². The van der Waals surface area contributed by atoms with Crippen LogP contribution in [-0.2, 0) is 4.79 Å². The highest BCUT2D eigenvalue weighted by Crippen LogP contribution is 2.24. The topological polar surface area (TPSA) is 29.5 Å². The van der Waals surface area contributed by atoms with Gasteiger partial charge in [0.1, 0.15) is 5.75 Å². The van der Waals surface area contributed by atoms with Crippen LogP contribution in [0.3, 0.4) is 0 Å². The first kappa shape index (κ1) is 15.9. The molecule has 2 rings (SSSR count). The van der Waals surface area contributed by atoms with Crippen molar-refractivity contribution in [3.05, 3.63) is 29.8 Å². The number of hydrogen-bond donors (Lipinski definition) is 0. The van der Waals surface area contributed by atoms with E-state index in [1.165, 1.54) is 5.56 Å². The smallest absolute Gasteiger partial charge is 0.227 e. The van der Waals surface area contributed by atoms with Gasteiger partial charge in [0, 0.05) is 24.4 Å². The SMILES string of the molecule is Cc1cccc(OCC2CCCN(C(=O)C(C)(C)C)C2)c1. The van der Waals surface area contributed by atoms with E-state index in [1.54, 1.807) is 0 Å². The number of carbonyl (C=O) groups excluding carboxylic acids is 1. The van der Waals surface area contributed by atoms with Crippen LogP contribution in [0.25, 0.3) is 0 Å². The van der Waals surface area contributed by atoms with Gasteiger partial charge in [-0.3, -0.25) is 4.79 Å². The van der Waals surface area contributed by atoms with Gasteiger partial charge in [-0.05, 0) is 37.5 Å². The van der Waals surface area contributed by atoms with E-state index in [2.05, 4.69) is 19.1 Å². The van der Waals surface area contributed by atoms with Gasteiger partial charge >= 0.3 is 0 Å². The maximum atomic E-state index is 12.4. The zero-order valence-electron chi connectivity index (χ0n) is 13.7. The second-order valence-corrected chi connectivity index (χ2v) is 7.14. The first-order chi connectivity index (χ1) is 9.86. The van der Waals surface area contributed by atoms with Crippen LogP contribution in [0, 0.1) is 18.3 Å². The lowest BCUT2D eigenvalue weighted by Crippen LogP contribution is -2.46. The highest BCUT2D eigenvalue weighted by Gasteiger charge is 2.31. The standard InChI is InChI=1S/C18H27NO2/c1-14-7-5-9-16(11-14)21-13-15-8-6-10-19(12-15)17(20)18(2,3)4/h5,7,9,11,15H,6,8,10,12-13H2,1-4H3. The molecule has 1 aromatic rings. The predicted octanol–water partition coefficient (Wildman–Crippen LogP) is 3.66. The van der Waals surface area contributed by atoms with E-state index in [-0.39, 0.29) is 11.3 Å². The van der Waals surface area contributed by atoms with Gasteiger partial charge < -0.3 is 9.64 Å². The Morgan fingerprint density at radius 1 is 1.38 bits per heavy atom. The first-order valence-corrected chi connectivity index (χ1v) is 7.85. The Bertz CT molecular complexity index is 490. The molecule has 1 heterocycles. The number of piperidine rings is 1. The van der Waals surface area contributed by atoms with Crippen molar-refractivity contribution in [3.8, 4) is 5.75 Å². The molecule has 1 aromatic carbocycles. The number of hydrogen-bond acceptors (Lipinski definition) is 2. The molecular formula is C18H27NO2.